The van der Waals surface area contributed by atoms with Gasteiger partial charge in [0.1, 0.15) is 0 Å². The number of hydrogen-bond donors (Lipinski definition) is 1. The van der Waals surface area contributed by atoms with Gasteiger partial charge >= 0.3 is 0 Å². The second kappa shape index (κ2) is 8.14. The van der Waals surface area contributed by atoms with Gasteiger partial charge < -0.3 is 24.6 Å². The zero-order valence-corrected chi connectivity index (χ0v) is 15.5. The van der Waals surface area contributed by atoms with Crippen molar-refractivity contribution in [1.82, 2.24) is 20.0 Å². The van der Waals surface area contributed by atoms with E-state index in [-0.39, 0.29) is 18.6 Å². The molecular formula is C19H26N4O4. The Labute approximate surface area is 159 Å². The first kappa shape index (κ1) is 18.1. The van der Waals surface area contributed by atoms with Crippen LogP contribution in [0.15, 0.2) is 18.2 Å². The van der Waals surface area contributed by atoms with E-state index in [0.717, 1.165) is 45.8 Å². The average Bonchev–Trinajstić information content (AvgIpc) is 3.20. The monoisotopic (exact) mass is 374 g/mol. The van der Waals surface area contributed by atoms with Gasteiger partial charge in [-0.1, -0.05) is 0 Å². The van der Waals surface area contributed by atoms with Crippen LogP contribution >= 0.6 is 0 Å². The van der Waals surface area contributed by atoms with Crippen molar-refractivity contribution >= 4 is 11.8 Å². The molecule has 27 heavy (non-hydrogen) atoms. The fourth-order valence-corrected chi connectivity index (χ4v) is 3.71. The molecule has 3 aliphatic heterocycles. The maximum atomic E-state index is 12.7. The Balaban J connectivity index is 1.24. The van der Waals surface area contributed by atoms with Gasteiger partial charge in [-0.05, 0) is 18.2 Å². The molecule has 1 aromatic rings. The quantitative estimate of drug-likeness (QED) is 0.800. The van der Waals surface area contributed by atoms with Crippen LogP contribution in [0, 0.1) is 0 Å². The van der Waals surface area contributed by atoms with Gasteiger partial charge in [-0.3, -0.25) is 14.5 Å². The SMILES string of the molecule is O=C(CCN1CCN(C(=O)c2ccc3c(c2)OCO3)CC1)N1CCNCC1. The van der Waals surface area contributed by atoms with Gasteiger partial charge in [0.05, 0.1) is 0 Å². The summed E-state index contributed by atoms with van der Waals surface area (Å²) in [5.41, 5.74) is 0.626. The normalized spacial score (nSPS) is 20.0. The molecule has 0 saturated carbocycles. The van der Waals surface area contributed by atoms with E-state index in [1.165, 1.54) is 0 Å². The molecule has 0 atom stereocenters. The topological polar surface area (TPSA) is 74.4 Å². The molecular weight excluding hydrogens is 348 g/mol. The Morgan fingerprint density at radius 2 is 1.67 bits per heavy atom. The molecule has 146 valence electrons. The molecule has 2 saturated heterocycles. The van der Waals surface area contributed by atoms with Crippen LogP contribution in [0.5, 0.6) is 11.5 Å². The molecule has 1 aromatic carbocycles. The van der Waals surface area contributed by atoms with E-state index in [0.29, 0.717) is 36.6 Å². The molecule has 0 aliphatic carbocycles. The fourth-order valence-electron chi connectivity index (χ4n) is 3.71. The minimum Gasteiger partial charge on any atom is -0.454 e. The Hall–Kier alpha value is -2.32. The smallest absolute Gasteiger partial charge is 0.254 e. The number of amides is 2. The number of rotatable bonds is 4. The van der Waals surface area contributed by atoms with Crippen molar-refractivity contribution in [2.45, 2.75) is 6.42 Å². The van der Waals surface area contributed by atoms with Crippen LogP contribution in [0.3, 0.4) is 0 Å². The molecule has 2 fully saturated rings. The van der Waals surface area contributed by atoms with E-state index < -0.39 is 0 Å². The molecule has 3 heterocycles. The number of nitrogens with one attached hydrogen (secondary N) is 1. The highest BCUT2D eigenvalue weighted by Crippen LogP contribution is 2.32. The zero-order valence-electron chi connectivity index (χ0n) is 15.5. The number of carbonyl (C=O) groups is 2. The molecule has 0 spiro atoms. The van der Waals surface area contributed by atoms with E-state index in [2.05, 4.69) is 10.2 Å². The molecule has 3 aliphatic rings. The Morgan fingerprint density at radius 1 is 0.926 bits per heavy atom. The molecule has 8 nitrogen and oxygen atoms in total. The highest BCUT2D eigenvalue weighted by Gasteiger charge is 2.25. The highest BCUT2D eigenvalue weighted by atomic mass is 16.7. The minimum absolute atomic E-state index is 0.0184. The lowest BCUT2D eigenvalue weighted by atomic mass is 10.1. The van der Waals surface area contributed by atoms with E-state index in [4.69, 9.17) is 9.47 Å². The van der Waals surface area contributed by atoms with Crippen LogP contribution in [0.2, 0.25) is 0 Å². The molecule has 1 N–H and O–H groups in total. The first-order chi connectivity index (χ1) is 13.2. The molecule has 0 bridgehead atoms. The van der Waals surface area contributed by atoms with Crippen molar-refractivity contribution in [3.63, 3.8) is 0 Å². The van der Waals surface area contributed by atoms with Gasteiger partial charge in [0.25, 0.3) is 5.91 Å². The largest absolute Gasteiger partial charge is 0.454 e. The van der Waals surface area contributed by atoms with Crippen LogP contribution in [0.4, 0.5) is 0 Å². The van der Waals surface area contributed by atoms with Crippen molar-refractivity contribution in [2.24, 2.45) is 0 Å². The Kier molecular flexibility index (Phi) is 5.45. The second-order valence-electron chi connectivity index (χ2n) is 7.08. The molecule has 8 heteroatoms. The summed E-state index contributed by atoms with van der Waals surface area (Å²) in [6, 6.07) is 5.32. The van der Waals surface area contributed by atoms with E-state index in [9.17, 15) is 9.59 Å². The summed E-state index contributed by atoms with van der Waals surface area (Å²) in [6.07, 6.45) is 0.552. The lowest BCUT2D eigenvalue weighted by molar-refractivity contribution is -0.132. The van der Waals surface area contributed by atoms with Crippen LogP contribution in [-0.2, 0) is 4.79 Å². The number of benzene rings is 1. The molecule has 0 unspecified atom stereocenters. The van der Waals surface area contributed by atoms with Crippen molar-refractivity contribution < 1.29 is 19.1 Å². The summed E-state index contributed by atoms with van der Waals surface area (Å²) in [4.78, 5) is 31.1. The van der Waals surface area contributed by atoms with Gasteiger partial charge in [-0.2, -0.15) is 0 Å². The van der Waals surface area contributed by atoms with Gasteiger partial charge in [-0.15, -0.1) is 0 Å². The number of ether oxygens (including phenoxy) is 2. The number of carbonyl (C=O) groups excluding carboxylic acids is 2. The molecule has 0 aromatic heterocycles. The Bertz CT molecular complexity index is 697. The maximum Gasteiger partial charge on any atom is 0.254 e. The zero-order chi connectivity index (χ0) is 18.6. The van der Waals surface area contributed by atoms with Crippen LogP contribution in [0.1, 0.15) is 16.8 Å². The van der Waals surface area contributed by atoms with E-state index >= 15 is 0 Å². The molecule has 0 radical (unpaired) electrons. The van der Waals surface area contributed by atoms with Gasteiger partial charge in [0.15, 0.2) is 11.5 Å². The van der Waals surface area contributed by atoms with Gasteiger partial charge in [0, 0.05) is 70.9 Å². The lowest BCUT2D eigenvalue weighted by Gasteiger charge is -2.35. The highest BCUT2D eigenvalue weighted by molar-refractivity contribution is 5.95. The molecule has 2 amide bonds. The minimum atomic E-state index is 0.0184. The van der Waals surface area contributed by atoms with Crippen molar-refractivity contribution in [1.29, 1.82) is 0 Å². The summed E-state index contributed by atoms with van der Waals surface area (Å²) in [6.45, 7) is 7.28. The summed E-state index contributed by atoms with van der Waals surface area (Å²) < 4.78 is 10.7. The first-order valence-electron chi connectivity index (χ1n) is 9.60. The number of nitrogens with zero attached hydrogens (tertiary/aromatic N) is 3. The van der Waals surface area contributed by atoms with Crippen molar-refractivity contribution in [3.05, 3.63) is 23.8 Å². The molecule has 4 rings (SSSR count). The second-order valence-corrected chi connectivity index (χ2v) is 7.08. The summed E-state index contributed by atoms with van der Waals surface area (Å²) in [5.74, 6) is 1.57. The van der Waals surface area contributed by atoms with E-state index in [1.54, 1.807) is 18.2 Å². The summed E-state index contributed by atoms with van der Waals surface area (Å²) in [7, 11) is 0. The van der Waals surface area contributed by atoms with Crippen molar-refractivity contribution in [3.8, 4) is 11.5 Å². The van der Waals surface area contributed by atoms with Crippen molar-refractivity contribution in [2.75, 3.05) is 65.7 Å². The van der Waals surface area contributed by atoms with Gasteiger partial charge in [0.2, 0.25) is 12.7 Å². The average molecular weight is 374 g/mol. The third-order valence-corrected chi connectivity index (χ3v) is 5.39. The standard InChI is InChI=1S/C19H26N4O4/c24-18(22-7-4-20-5-8-22)3-6-21-9-11-23(12-10-21)19(25)15-1-2-16-17(13-15)27-14-26-16/h1-2,13,20H,3-12,14H2. The van der Waals surface area contributed by atoms with Crippen LogP contribution in [-0.4, -0.2) is 92.2 Å². The first-order valence-corrected chi connectivity index (χ1v) is 9.60. The predicted octanol–water partition coefficient (Wildman–Crippen LogP) is -0.00500. The lowest BCUT2D eigenvalue weighted by Crippen LogP contribution is -2.50. The third kappa shape index (κ3) is 4.17. The Morgan fingerprint density at radius 3 is 2.44 bits per heavy atom. The number of piperazine rings is 2. The van der Waals surface area contributed by atoms with E-state index in [1.807, 2.05) is 9.80 Å². The fraction of sp³-hybridized carbons (Fsp3) is 0.579. The number of hydrogen-bond acceptors (Lipinski definition) is 6. The summed E-state index contributed by atoms with van der Waals surface area (Å²) >= 11 is 0. The maximum absolute atomic E-state index is 12.7. The summed E-state index contributed by atoms with van der Waals surface area (Å²) in [5, 5.41) is 3.26. The predicted molar refractivity (Wildman–Crippen MR) is 99.0 cm³/mol. The van der Waals surface area contributed by atoms with Gasteiger partial charge in [-0.25, -0.2) is 0 Å². The third-order valence-electron chi connectivity index (χ3n) is 5.39. The van der Waals surface area contributed by atoms with Crippen LogP contribution in [0.25, 0.3) is 0 Å². The van der Waals surface area contributed by atoms with Crippen LogP contribution < -0.4 is 14.8 Å². The number of fused-ring (bicyclic) bond motifs is 1.